The highest BCUT2D eigenvalue weighted by Crippen LogP contribution is 2.27. The number of thiazole rings is 1. The van der Waals surface area contributed by atoms with Crippen LogP contribution in [-0.4, -0.2) is 23.4 Å². The highest BCUT2D eigenvalue weighted by molar-refractivity contribution is 9.09. The highest BCUT2D eigenvalue weighted by Gasteiger charge is 2.09. The van der Waals surface area contributed by atoms with E-state index in [9.17, 15) is 0 Å². The normalized spacial score (nSPS) is 13.0. The lowest BCUT2D eigenvalue weighted by Crippen LogP contribution is -2.23. The van der Waals surface area contributed by atoms with Crippen molar-refractivity contribution in [3.63, 3.8) is 0 Å². The number of nitrogens with zero attached hydrogens (tertiary/aromatic N) is 2. The maximum Gasteiger partial charge on any atom is 0.186 e. The zero-order valence-electron chi connectivity index (χ0n) is 8.77. The van der Waals surface area contributed by atoms with E-state index in [1.807, 2.05) is 6.07 Å². The third-order valence-electron chi connectivity index (χ3n) is 2.13. The van der Waals surface area contributed by atoms with Gasteiger partial charge in [0, 0.05) is 18.4 Å². The third kappa shape index (κ3) is 2.49. The fourth-order valence-electron chi connectivity index (χ4n) is 1.48. The minimum atomic E-state index is 0.481. The lowest BCUT2D eigenvalue weighted by molar-refractivity contribution is 0.874. The van der Waals surface area contributed by atoms with Gasteiger partial charge in [-0.3, -0.25) is 0 Å². The molecule has 0 aliphatic rings. The van der Waals surface area contributed by atoms with Crippen LogP contribution in [0, 0.1) is 0 Å². The second-order valence-corrected chi connectivity index (χ2v) is 6.20. The van der Waals surface area contributed by atoms with Crippen molar-refractivity contribution < 1.29 is 0 Å². The van der Waals surface area contributed by atoms with Gasteiger partial charge < -0.3 is 4.90 Å². The van der Waals surface area contributed by atoms with Gasteiger partial charge in [0.1, 0.15) is 0 Å². The van der Waals surface area contributed by atoms with E-state index in [2.05, 4.69) is 58.0 Å². The Kier molecular flexibility index (Phi) is 3.26. The average molecular weight is 285 g/mol. The zero-order valence-corrected chi connectivity index (χ0v) is 11.2. The molecule has 4 heteroatoms. The van der Waals surface area contributed by atoms with Crippen molar-refractivity contribution in [2.75, 3.05) is 18.5 Å². The monoisotopic (exact) mass is 284 g/mol. The van der Waals surface area contributed by atoms with Crippen molar-refractivity contribution in [3.8, 4) is 0 Å². The predicted octanol–water partition coefficient (Wildman–Crippen LogP) is 3.52. The molecule has 0 saturated heterocycles. The Morgan fingerprint density at radius 1 is 1.47 bits per heavy atom. The zero-order chi connectivity index (χ0) is 10.8. The summed E-state index contributed by atoms with van der Waals surface area (Å²) < 4.78 is 1.25. The van der Waals surface area contributed by atoms with Gasteiger partial charge in [-0.1, -0.05) is 46.3 Å². The number of hydrogen-bond donors (Lipinski definition) is 0. The van der Waals surface area contributed by atoms with Crippen LogP contribution >= 0.6 is 27.3 Å². The van der Waals surface area contributed by atoms with Gasteiger partial charge in [0.2, 0.25) is 0 Å². The quantitative estimate of drug-likeness (QED) is 0.802. The van der Waals surface area contributed by atoms with Crippen molar-refractivity contribution in [1.29, 1.82) is 0 Å². The van der Waals surface area contributed by atoms with E-state index in [0.717, 1.165) is 17.2 Å². The van der Waals surface area contributed by atoms with Gasteiger partial charge in [0.15, 0.2) is 5.13 Å². The summed E-state index contributed by atoms with van der Waals surface area (Å²) in [7, 11) is 2.08. The Labute approximate surface area is 102 Å². The summed E-state index contributed by atoms with van der Waals surface area (Å²) in [6, 6.07) is 8.25. The van der Waals surface area contributed by atoms with Crippen LogP contribution in [0.1, 0.15) is 6.92 Å². The largest absolute Gasteiger partial charge is 0.350 e. The molecule has 1 unspecified atom stereocenters. The van der Waals surface area contributed by atoms with E-state index in [-0.39, 0.29) is 0 Å². The number of benzene rings is 1. The molecule has 1 aromatic heterocycles. The molecular formula is C11H13BrN2S. The number of fused-ring (bicyclic) bond motifs is 1. The number of halogens is 1. The van der Waals surface area contributed by atoms with Crippen molar-refractivity contribution in [1.82, 2.24) is 4.98 Å². The SMILES string of the molecule is CC(Br)CN(C)c1nc2ccccc2s1. The summed E-state index contributed by atoms with van der Waals surface area (Å²) in [5.41, 5.74) is 1.09. The van der Waals surface area contributed by atoms with Crippen LogP contribution < -0.4 is 4.90 Å². The Morgan fingerprint density at radius 2 is 2.20 bits per heavy atom. The van der Waals surface area contributed by atoms with E-state index >= 15 is 0 Å². The Balaban J connectivity index is 2.28. The van der Waals surface area contributed by atoms with E-state index in [4.69, 9.17) is 0 Å². The number of rotatable bonds is 3. The van der Waals surface area contributed by atoms with E-state index < -0.39 is 0 Å². The van der Waals surface area contributed by atoms with Gasteiger partial charge in [0.25, 0.3) is 0 Å². The molecule has 0 fully saturated rings. The lowest BCUT2D eigenvalue weighted by atomic mass is 10.3. The second-order valence-electron chi connectivity index (χ2n) is 3.63. The lowest BCUT2D eigenvalue weighted by Gasteiger charge is -2.16. The summed E-state index contributed by atoms with van der Waals surface area (Å²) in [6.45, 7) is 3.11. The van der Waals surface area contributed by atoms with Gasteiger partial charge >= 0.3 is 0 Å². The van der Waals surface area contributed by atoms with Gasteiger partial charge in [-0.25, -0.2) is 4.98 Å². The summed E-state index contributed by atoms with van der Waals surface area (Å²) >= 11 is 5.29. The summed E-state index contributed by atoms with van der Waals surface area (Å²) in [5.74, 6) is 0. The van der Waals surface area contributed by atoms with Crippen LogP contribution in [0.15, 0.2) is 24.3 Å². The standard InChI is InChI=1S/C11H13BrN2S/c1-8(12)7-14(2)11-13-9-5-3-4-6-10(9)15-11/h3-6,8H,7H2,1-2H3. The molecule has 1 atom stereocenters. The maximum atomic E-state index is 4.59. The van der Waals surface area contributed by atoms with Crippen molar-refractivity contribution >= 4 is 42.6 Å². The van der Waals surface area contributed by atoms with Crippen LogP contribution in [0.4, 0.5) is 5.13 Å². The van der Waals surface area contributed by atoms with Crippen molar-refractivity contribution in [2.24, 2.45) is 0 Å². The van der Waals surface area contributed by atoms with Crippen LogP contribution in [0.3, 0.4) is 0 Å². The molecule has 0 aliphatic carbocycles. The molecule has 2 rings (SSSR count). The Hall–Kier alpha value is -0.610. The molecule has 0 radical (unpaired) electrons. The number of hydrogen-bond acceptors (Lipinski definition) is 3. The highest BCUT2D eigenvalue weighted by atomic mass is 79.9. The van der Waals surface area contributed by atoms with E-state index in [0.29, 0.717) is 4.83 Å². The number of para-hydroxylation sites is 1. The average Bonchev–Trinajstić information content (AvgIpc) is 2.59. The minimum Gasteiger partial charge on any atom is -0.350 e. The number of anilines is 1. The minimum absolute atomic E-state index is 0.481. The van der Waals surface area contributed by atoms with Crippen LogP contribution in [0.2, 0.25) is 0 Å². The Bertz CT molecular complexity index is 420. The molecular weight excluding hydrogens is 272 g/mol. The van der Waals surface area contributed by atoms with Crippen molar-refractivity contribution in [2.45, 2.75) is 11.8 Å². The van der Waals surface area contributed by atoms with E-state index in [1.165, 1.54) is 4.70 Å². The molecule has 0 saturated carbocycles. The molecule has 15 heavy (non-hydrogen) atoms. The predicted molar refractivity (Wildman–Crippen MR) is 71.3 cm³/mol. The first-order chi connectivity index (χ1) is 7.16. The molecule has 0 bridgehead atoms. The number of aromatic nitrogens is 1. The van der Waals surface area contributed by atoms with Gasteiger partial charge in [-0.2, -0.15) is 0 Å². The maximum absolute atomic E-state index is 4.59. The second kappa shape index (κ2) is 4.49. The fourth-order valence-corrected chi connectivity index (χ4v) is 2.85. The van der Waals surface area contributed by atoms with Crippen LogP contribution in [-0.2, 0) is 0 Å². The summed E-state index contributed by atoms with van der Waals surface area (Å²) in [6.07, 6.45) is 0. The molecule has 0 N–H and O–H groups in total. The molecule has 2 aromatic rings. The smallest absolute Gasteiger partial charge is 0.186 e. The molecule has 0 aliphatic heterocycles. The Morgan fingerprint density at radius 3 is 2.87 bits per heavy atom. The van der Waals surface area contributed by atoms with Gasteiger partial charge in [-0.05, 0) is 12.1 Å². The van der Waals surface area contributed by atoms with Crippen molar-refractivity contribution in [3.05, 3.63) is 24.3 Å². The first-order valence-corrected chi connectivity index (χ1v) is 6.61. The first kappa shape index (κ1) is 10.9. The van der Waals surface area contributed by atoms with Gasteiger partial charge in [0.05, 0.1) is 10.2 Å². The summed E-state index contributed by atoms with van der Waals surface area (Å²) in [5, 5.41) is 1.09. The van der Waals surface area contributed by atoms with E-state index in [1.54, 1.807) is 11.3 Å². The first-order valence-electron chi connectivity index (χ1n) is 4.87. The molecule has 0 spiro atoms. The molecule has 80 valence electrons. The third-order valence-corrected chi connectivity index (χ3v) is 3.57. The summed E-state index contributed by atoms with van der Waals surface area (Å²) in [4.78, 5) is 7.25. The number of alkyl halides is 1. The molecule has 2 nitrogen and oxygen atoms in total. The van der Waals surface area contributed by atoms with Crippen LogP contribution in [0.25, 0.3) is 10.2 Å². The topological polar surface area (TPSA) is 16.1 Å². The molecule has 1 aromatic carbocycles. The van der Waals surface area contributed by atoms with Gasteiger partial charge in [-0.15, -0.1) is 0 Å². The van der Waals surface area contributed by atoms with Crippen LogP contribution in [0.5, 0.6) is 0 Å². The molecule has 1 heterocycles. The molecule has 0 amide bonds. The fraction of sp³-hybridized carbons (Fsp3) is 0.364.